The Morgan fingerprint density at radius 2 is 1.95 bits per heavy atom. The van der Waals surface area contributed by atoms with E-state index in [1.807, 2.05) is 30.3 Å². The van der Waals surface area contributed by atoms with Crippen LogP contribution in [0.2, 0.25) is 5.15 Å². The minimum atomic E-state index is -0.0579. The quantitative estimate of drug-likeness (QED) is 0.655. The Kier molecular flexibility index (Phi) is 4.90. The van der Waals surface area contributed by atoms with Crippen molar-refractivity contribution < 1.29 is 4.79 Å². The number of hydrogen-bond acceptors (Lipinski definition) is 4. The highest BCUT2D eigenvalue weighted by atomic mass is 35.5. The van der Waals surface area contributed by atoms with Crippen molar-refractivity contribution in [2.75, 3.05) is 18.4 Å². The third-order valence-electron chi connectivity index (χ3n) is 2.53. The number of benzene rings is 1. The zero-order valence-electron chi connectivity index (χ0n) is 11.1. The SMILES string of the molecule is CC(=O)NCCNc1cc(Cl)nc(-c2ccccc2)n1. The van der Waals surface area contributed by atoms with Crippen LogP contribution >= 0.6 is 11.6 Å². The highest BCUT2D eigenvalue weighted by Crippen LogP contribution is 2.19. The number of anilines is 1. The molecule has 5 nitrogen and oxygen atoms in total. The van der Waals surface area contributed by atoms with E-state index in [0.717, 1.165) is 5.56 Å². The van der Waals surface area contributed by atoms with Crippen LogP contribution in [0.3, 0.4) is 0 Å². The van der Waals surface area contributed by atoms with E-state index in [2.05, 4.69) is 20.6 Å². The van der Waals surface area contributed by atoms with Gasteiger partial charge in [-0.2, -0.15) is 0 Å². The van der Waals surface area contributed by atoms with E-state index < -0.39 is 0 Å². The van der Waals surface area contributed by atoms with Crippen molar-refractivity contribution in [1.82, 2.24) is 15.3 Å². The predicted octanol–water partition coefficient (Wildman–Crippen LogP) is 2.34. The first-order valence-corrected chi connectivity index (χ1v) is 6.61. The van der Waals surface area contributed by atoms with Gasteiger partial charge in [-0.15, -0.1) is 0 Å². The van der Waals surface area contributed by atoms with Gasteiger partial charge in [0.2, 0.25) is 5.91 Å². The molecule has 2 N–H and O–H groups in total. The number of halogens is 1. The van der Waals surface area contributed by atoms with Gasteiger partial charge in [-0.3, -0.25) is 4.79 Å². The third-order valence-corrected chi connectivity index (χ3v) is 2.73. The van der Waals surface area contributed by atoms with Crippen molar-refractivity contribution in [3.8, 4) is 11.4 Å². The number of rotatable bonds is 5. The zero-order chi connectivity index (χ0) is 14.4. The maximum atomic E-state index is 10.8. The average molecular weight is 291 g/mol. The van der Waals surface area contributed by atoms with Crippen LogP contribution in [0.1, 0.15) is 6.92 Å². The van der Waals surface area contributed by atoms with Crippen molar-refractivity contribution in [3.05, 3.63) is 41.6 Å². The maximum Gasteiger partial charge on any atom is 0.216 e. The summed E-state index contributed by atoms with van der Waals surface area (Å²) in [7, 11) is 0. The Labute approximate surface area is 122 Å². The summed E-state index contributed by atoms with van der Waals surface area (Å²) in [4.78, 5) is 19.4. The van der Waals surface area contributed by atoms with Gasteiger partial charge in [-0.25, -0.2) is 9.97 Å². The molecule has 0 fully saturated rings. The minimum Gasteiger partial charge on any atom is -0.368 e. The molecule has 1 aromatic carbocycles. The molecule has 0 aliphatic heterocycles. The fraction of sp³-hybridized carbons (Fsp3) is 0.214. The van der Waals surface area contributed by atoms with Crippen LogP contribution in [-0.2, 0) is 4.79 Å². The highest BCUT2D eigenvalue weighted by Gasteiger charge is 2.05. The second kappa shape index (κ2) is 6.86. The van der Waals surface area contributed by atoms with E-state index in [1.165, 1.54) is 6.92 Å². The number of amides is 1. The topological polar surface area (TPSA) is 66.9 Å². The molecule has 104 valence electrons. The van der Waals surface area contributed by atoms with E-state index in [-0.39, 0.29) is 5.91 Å². The van der Waals surface area contributed by atoms with Gasteiger partial charge in [0.1, 0.15) is 11.0 Å². The smallest absolute Gasteiger partial charge is 0.216 e. The molecule has 1 aromatic heterocycles. The van der Waals surface area contributed by atoms with E-state index in [4.69, 9.17) is 11.6 Å². The van der Waals surface area contributed by atoms with Crippen LogP contribution in [-0.4, -0.2) is 29.0 Å². The molecule has 0 aliphatic carbocycles. The van der Waals surface area contributed by atoms with E-state index in [9.17, 15) is 4.79 Å². The lowest BCUT2D eigenvalue weighted by atomic mass is 10.2. The summed E-state index contributed by atoms with van der Waals surface area (Å²) in [5.74, 6) is 1.15. The summed E-state index contributed by atoms with van der Waals surface area (Å²) >= 11 is 6.00. The molecule has 0 saturated heterocycles. The Morgan fingerprint density at radius 1 is 1.20 bits per heavy atom. The first-order chi connectivity index (χ1) is 9.65. The van der Waals surface area contributed by atoms with E-state index in [1.54, 1.807) is 6.07 Å². The number of aromatic nitrogens is 2. The lowest BCUT2D eigenvalue weighted by Gasteiger charge is -2.08. The molecular formula is C14H15ClN4O. The molecule has 2 aromatic rings. The van der Waals surface area contributed by atoms with Gasteiger partial charge in [-0.1, -0.05) is 41.9 Å². The van der Waals surface area contributed by atoms with Crippen LogP contribution in [0.4, 0.5) is 5.82 Å². The van der Waals surface area contributed by atoms with Gasteiger partial charge in [0.25, 0.3) is 0 Å². The monoisotopic (exact) mass is 290 g/mol. The van der Waals surface area contributed by atoms with Crippen LogP contribution in [0.25, 0.3) is 11.4 Å². The molecule has 0 unspecified atom stereocenters. The predicted molar refractivity (Wildman–Crippen MR) is 79.7 cm³/mol. The molecule has 20 heavy (non-hydrogen) atoms. The van der Waals surface area contributed by atoms with Crippen molar-refractivity contribution in [2.24, 2.45) is 0 Å². The number of carbonyl (C=O) groups is 1. The average Bonchev–Trinajstić information content (AvgIpc) is 2.44. The van der Waals surface area contributed by atoms with Crippen LogP contribution in [0.5, 0.6) is 0 Å². The molecular weight excluding hydrogens is 276 g/mol. The lowest BCUT2D eigenvalue weighted by molar-refractivity contribution is -0.118. The number of hydrogen-bond donors (Lipinski definition) is 2. The standard InChI is InChI=1S/C14H15ClN4O/c1-10(20)16-7-8-17-13-9-12(15)18-14(19-13)11-5-3-2-4-6-11/h2-6,9H,7-8H2,1H3,(H,16,20)(H,17,18,19). The Bertz CT molecular complexity index is 589. The molecule has 0 spiro atoms. The lowest BCUT2D eigenvalue weighted by Crippen LogP contribution is -2.26. The van der Waals surface area contributed by atoms with Crippen molar-refractivity contribution in [2.45, 2.75) is 6.92 Å². The fourth-order valence-electron chi connectivity index (χ4n) is 1.65. The van der Waals surface area contributed by atoms with Gasteiger partial charge in [0.15, 0.2) is 5.82 Å². The molecule has 1 amide bonds. The number of carbonyl (C=O) groups excluding carboxylic acids is 1. The van der Waals surface area contributed by atoms with Gasteiger partial charge in [0, 0.05) is 31.6 Å². The molecule has 6 heteroatoms. The molecule has 0 saturated carbocycles. The second-order valence-electron chi connectivity index (χ2n) is 4.18. The molecule has 0 aliphatic rings. The van der Waals surface area contributed by atoms with Gasteiger partial charge >= 0.3 is 0 Å². The highest BCUT2D eigenvalue weighted by molar-refractivity contribution is 6.29. The van der Waals surface area contributed by atoms with Crippen molar-refractivity contribution >= 4 is 23.3 Å². The largest absolute Gasteiger partial charge is 0.368 e. The maximum absolute atomic E-state index is 10.8. The number of nitrogens with zero attached hydrogens (tertiary/aromatic N) is 2. The van der Waals surface area contributed by atoms with E-state index in [0.29, 0.717) is 29.9 Å². The van der Waals surface area contributed by atoms with Crippen LogP contribution in [0, 0.1) is 0 Å². The summed E-state index contributed by atoms with van der Waals surface area (Å²) < 4.78 is 0. The van der Waals surface area contributed by atoms with Gasteiger partial charge < -0.3 is 10.6 Å². The molecule has 1 heterocycles. The van der Waals surface area contributed by atoms with Gasteiger partial charge in [0.05, 0.1) is 0 Å². The molecule has 0 bridgehead atoms. The molecule has 0 radical (unpaired) electrons. The van der Waals surface area contributed by atoms with Gasteiger partial charge in [-0.05, 0) is 0 Å². The van der Waals surface area contributed by atoms with Crippen molar-refractivity contribution in [3.63, 3.8) is 0 Å². The Hall–Kier alpha value is -2.14. The Balaban J connectivity index is 2.07. The summed E-state index contributed by atoms with van der Waals surface area (Å²) in [5.41, 5.74) is 0.903. The number of nitrogens with one attached hydrogen (secondary N) is 2. The summed E-state index contributed by atoms with van der Waals surface area (Å²) in [6, 6.07) is 11.3. The molecule has 2 rings (SSSR count). The second-order valence-corrected chi connectivity index (χ2v) is 4.56. The zero-order valence-corrected chi connectivity index (χ0v) is 11.8. The molecule has 0 atom stereocenters. The Morgan fingerprint density at radius 3 is 2.65 bits per heavy atom. The first-order valence-electron chi connectivity index (χ1n) is 6.23. The minimum absolute atomic E-state index is 0.0579. The first kappa shape index (κ1) is 14.3. The third kappa shape index (κ3) is 4.20. The van der Waals surface area contributed by atoms with Crippen molar-refractivity contribution in [1.29, 1.82) is 0 Å². The van der Waals surface area contributed by atoms with Crippen LogP contribution < -0.4 is 10.6 Å². The summed E-state index contributed by atoms with van der Waals surface area (Å²) in [6.45, 7) is 2.58. The normalized spacial score (nSPS) is 10.1. The fourth-order valence-corrected chi connectivity index (χ4v) is 1.84. The summed E-state index contributed by atoms with van der Waals surface area (Å²) in [5, 5.41) is 6.18. The summed E-state index contributed by atoms with van der Waals surface area (Å²) in [6.07, 6.45) is 0. The van der Waals surface area contributed by atoms with E-state index >= 15 is 0 Å². The van der Waals surface area contributed by atoms with Crippen LogP contribution in [0.15, 0.2) is 36.4 Å².